The molecule has 5 nitrogen and oxygen atoms in total. The topological polar surface area (TPSA) is 66.5 Å². The summed E-state index contributed by atoms with van der Waals surface area (Å²) in [5.41, 5.74) is 3.35. The van der Waals surface area contributed by atoms with Gasteiger partial charge in [0.15, 0.2) is 0 Å². The first-order valence-electron chi connectivity index (χ1n) is 9.75. The van der Waals surface area contributed by atoms with Crippen molar-refractivity contribution in [2.75, 3.05) is 11.9 Å². The van der Waals surface area contributed by atoms with Gasteiger partial charge in [0.2, 0.25) is 15.9 Å². The molecule has 2 aromatic carbocycles. The van der Waals surface area contributed by atoms with E-state index in [1.807, 2.05) is 44.2 Å². The van der Waals surface area contributed by atoms with E-state index in [1.54, 1.807) is 16.4 Å². The lowest BCUT2D eigenvalue weighted by molar-refractivity contribution is -0.114. The maximum Gasteiger partial charge on any atom is 0.245 e. The fourth-order valence-corrected chi connectivity index (χ4v) is 5.67. The van der Waals surface area contributed by atoms with Gasteiger partial charge in [0.05, 0.1) is 11.7 Å². The van der Waals surface area contributed by atoms with Crippen molar-refractivity contribution in [1.82, 2.24) is 4.31 Å². The van der Waals surface area contributed by atoms with E-state index in [4.69, 9.17) is 0 Å². The Bertz CT molecular complexity index is 952. The predicted octanol–water partition coefficient (Wildman–Crippen LogP) is 4.57. The van der Waals surface area contributed by atoms with Gasteiger partial charge in [-0.25, -0.2) is 8.42 Å². The highest BCUT2D eigenvalue weighted by atomic mass is 32.2. The molecule has 1 aliphatic rings. The van der Waals surface area contributed by atoms with E-state index in [1.165, 1.54) is 6.92 Å². The standard InChI is InChI=1S/C22H28N2O3S/c1-16-8-11-19(12-9-16)21-7-5-4-6-14-24(21)28(26,27)22-15-17(2)10-13-20(22)23-18(3)25/h8-13,15,21H,4-7,14H2,1-3H3,(H,23,25)/t21-/m0/s1. The third-order valence-corrected chi connectivity index (χ3v) is 7.15. The minimum atomic E-state index is -3.77. The van der Waals surface area contributed by atoms with Crippen LogP contribution in [0.1, 0.15) is 55.3 Å². The predicted molar refractivity (Wildman–Crippen MR) is 112 cm³/mol. The van der Waals surface area contributed by atoms with E-state index < -0.39 is 10.0 Å². The molecule has 1 N–H and O–H groups in total. The summed E-state index contributed by atoms with van der Waals surface area (Å²) in [5, 5.41) is 2.68. The molecule has 0 unspecified atom stereocenters. The highest BCUT2D eigenvalue weighted by Crippen LogP contribution is 2.37. The fraction of sp³-hybridized carbons (Fsp3) is 0.409. The summed E-state index contributed by atoms with van der Waals surface area (Å²) in [6.45, 7) is 5.75. The summed E-state index contributed by atoms with van der Waals surface area (Å²) < 4.78 is 29.1. The van der Waals surface area contributed by atoms with Gasteiger partial charge in [-0.3, -0.25) is 4.79 Å². The average Bonchev–Trinajstić information content (AvgIpc) is 2.90. The molecule has 150 valence electrons. The number of aryl methyl sites for hydroxylation is 2. The van der Waals surface area contributed by atoms with Crippen LogP contribution in [0.5, 0.6) is 0 Å². The number of hydrogen-bond acceptors (Lipinski definition) is 3. The van der Waals surface area contributed by atoms with Crippen LogP contribution >= 0.6 is 0 Å². The Labute approximate surface area is 167 Å². The number of nitrogens with one attached hydrogen (secondary N) is 1. The van der Waals surface area contributed by atoms with Gasteiger partial charge in [-0.2, -0.15) is 4.31 Å². The first kappa shape index (κ1) is 20.6. The van der Waals surface area contributed by atoms with Gasteiger partial charge in [0.1, 0.15) is 4.90 Å². The van der Waals surface area contributed by atoms with Gasteiger partial charge in [-0.15, -0.1) is 0 Å². The molecule has 6 heteroatoms. The molecule has 3 rings (SSSR count). The highest BCUT2D eigenvalue weighted by molar-refractivity contribution is 7.89. The molecule has 0 bridgehead atoms. The molecular weight excluding hydrogens is 372 g/mol. The van der Waals surface area contributed by atoms with Gasteiger partial charge in [0.25, 0.3) is 0 Å². The van der Waals surface area contributed by atoms with E-state index >= 15 is 0 Å². The molecule has 1 saturated heterocycles. The number of carbonyl (C=O) groups excluding carboxylic acids is 1. The Balaban J connectivity index is 2.08. The quantitative estimate of drug-likeness (QED) is 0.818. The Morgan fingerprint density at radius 3 is 2.36 bits per heavy atom. The molecule has 1 aliphatic heterocycles. The summed E-state index contributed by atoms with van der Waals surface area (Å²) in [7, 11) is -3.77. The van der Waals surface area contributed by atoms with Gasteiger partial charge in [-0.05, 0) is 49.9 Å². The lowest BCUT2D eigenvalue weighted by Crippen LogP contribution is -2.35. The van der Waals surface area contributed by atoms with E-state index in [9.17, 15) is 13.2 Å². The van der Waals surface area contributed by atoms with Crippen LogP contribution in [0.15, 0.2) is 47.4 Å². The van der Waals surface area contributed by atoms with Gasteiger partial charge in [-0.1, -0.05) is 48.7 Å². The van der Waals surface area contributed by atoms with E-state index in [0.717, 1.165) is 42.4 Å². The molecule has 1 heterocycles. The van der Waals surface area contributed by atoms with Crippen LogP contribution in [-0.2, 0) is 14.8 Å². The molecule has 1 atom stereocenters. The lowest BCUT2D eigenvalue weighted by Gasteiger charge is -2.30. The fourth-order valence-electron chi connectivity index (χ4n) is 3.75. The first-order chi connectivity index (χ1) is 13.3. The molecule has 0 saturated carbocycles. The maximum atomic E-state index is 13.7. The van der Waals surface area contributed by atoms with Crippen molar-refractivity contribution in [2.45, 2.75) is 57.4 Å². The third-order valence-electron chi connectivity index (χ3n) is 5.20. The van der Waals surface area contributed by atoms with Crippen molar-refractivity contribution in [3.05, 3.63) is 59.2 Å². The summed E-state index contributed by atoms with van der Waals surface area (Å²) >= 11 is 0. The molecule has 0 spiro atoms. The molecule has 0 aliphatic carbocycles. The zero-order valence-corrected chi connectivity index (χ0v) is 17.6. The Hall–Kier alpha value is -2.18. The van der Waals surface area contributed by atoms with E-state index in [-0.39, 0.29) is 16.8 Å². The minimum absolute atomic E-state index is 0.168. The summed E-state index contributed by atoms with van der Waals surface area (Å²) in [4.78, 5) is 11.8. The molecule has 0 radical (unpaired) electrons. The van der Waals surface area contributed by atoms with Crippen LogP contribution in [0.4, 0.5) is 5.69 Å². The molecule has 1 fully saturated rings. The monoisotopic (exact) mass is 400 g/mol. The summed E-state index contributed by atoms with van der Waals surface area (Å²) in [6, 6.07) is 13.0. The average molecular weight is 401 g/mol. The molecule has 2 aromatic rings. The second kappa shape index (κ2) is 8.45. The second-order valence-electron chi connectivity index (χ2n) is 7.57. The second-order valence-corrected chi connectivity index (χ2v) is 9.43. The van der Waals surface area contributed by atoms with E-state index in [2.05, 4.69) is 5.32 Å². The molecular formula is C22H28N2O3S. The van der Waals surface area contributed by atoms with Crippen molar-refractivity contribution >= 4 is 21.6 Å². The number of carbonyl (C=O) groups is 1. The van der Waals surface area contributed by atoms with Crippen LogP contribution in [0.25, 0.3) is 0 Å². The molecule has 28 heavy (non-hydrogen) atoms. The maximum absolute atomic E-state index is 13.7. The van der Waals surface area contributed by atoms with Gasteiger partial charge >= 0.3 is 0 Å². The summed E-state index contributed by atoms with van der Waals surface area (Å²) in [6.07, 6.45) is 3.64. The number of nitrogens with zero attached hydrogens (tertiary/aromatic N) is 1. The molecule has 0 aromatic heterocycles. The van der Waals surface area contributed by atoms with Crippen LogP contribution < -0.4 is 5.32 Å². The Kier molecular flexibility index (Phi) is 6.20. The normalized spacial score (nSPS) is 18.5. The number of anilines is 1. The number of amides is 1. The van der Waals surface area contributed by atoms with E-state index in [0.29, 0.717) is 12.2 Å². The van der Waals surface area contributed by atoms with Gasteiger partial charge < -0.3 is 5.32 Å². The smallest absolute Gasteiger partial charge is 0.245 e. The van der Waals surface area contributed by atoms with Crippen LogP contribution in [-0.4, -0.2) is 25.2 Å². The minimum Gasteiger partial charge on any atom is -0.325 e. The van der Waals surface area contributed by atoms with Gasteiger partial charge in [0, 0.05) is 13.5 Å². The third kappa shape index (κ3) is 4.45. The number of hydrogen-bond donors (Lipinski definition) is 1. The Morgan fingerprint density at radius 2 is 1.68 bits per heavy atom. The number of benzene rings is 2. The highest BCUT2D eigenvalue weighted by Gasteiger charge is 2.35. The number of sulfonamides is 1. The van der Waals surface area contributed by atoms with Crippen molar-refractivity contribution in [3.63, 3.8) is 0 Å². The van der Waals surface area contributed by atoms with Crippen LogP contribution in [0.3, 0.4) is 0 Å². The van der Waals surface area contributed by atoms with Crippen LogP contribution in [0, 0.1) is 13.8 Å². The molecule has 1 amide bonds. The largest absolute Gasteiger partial charge is 0.325 e. The van der Waals surface area contributed by atoms with Crippen molar-refractivity contribution < 1.29 is 13.2 Å². The Morgan fingerprint density at radius 1 is 1.00 bits per heavy atom. The zero-order chi connectivity index (χ0) is 20.3. The SMILES string of the molecule is CC(=O)Nc1ccc(C)cc1S(=O)(=O)N1CCCCC[C@H]1c1ccc(C)cc1. The first-order valence-corrected chi connectivity index (χ1v) is 11.2. The zero-order valence-electron chi connectivity index (χ0n) is 16.7. The van der Waals surface area contributed by atoms with Crippen molar-refractivity contribution in [3.8, 4) is 0 Å². The summed E-state index contributed by atoms with van der Waals surface area (Å²) in [5.74, 6) is -0.286. The van der Waals surface area contributed by atoms with Crippen LogP contribution in [0.2, 0.25) is 0 Å². The van der Waals surface area contributed by atoms with Crippen molar-refractivity contribution in [2.24, 2.45) is 0 Å². The van der Waals surface area contributed by atoms with Crippen molar-refractivity contribution in [1.29, 1.82) is 0 Å². The number of rotatable bonds is 4. The lowest BCUT2D eigenvalue weighted by atomic mass is 10.0.